The Labute approximate surface area is 154 Å². The highest BCUT2D eigenvalue weighted by Crippen LogP contribution is 2.26. The van der Waals surface area contributed by atoms with Gasteiger partial charge in [-0.1, -0.05) is 53.2 Å². The second-order valence-electron chi connectivity index (χ2n) is 5.26. The Morgan fingerprint density at radius 1 is 1.12 bits per heavy atom. The highest BCUT2D eigenvalue weighted by molar-refractivity contribution is 7.99. The SMILES string of the molecule is Cc1cc(SCC(=O)Nc2ccc(Cl)c(Cl)c2)nc2ccccc12. The number of rotatable bonds is 4. The highest BCUT2D eigenvalue weighted by Gasteiger charge is 2.08. The zero-order valence-corrected chi connectivity index (χ0v) is 15.2. The van der Waals surface area contributed by atoms with Crippen molar-refractivity contribution in [2.75, 3.05) is 11.1 Å². The molecule has 2 aromatic carbocycles. The van der Waals surface area contributed by atoms with E-state index in [-0.39, 0.29) is 11.7 Å². The Hall–Kier alpha value is -1.75. The molecule has 0 unspecified atom stereocenters. The molecule has 0 saturated carbocycles. The van der Waals surface area contributed by atoms with Gasteiger partial charge in [0.25, 0.3) is 0 Å². The first-order valence-corrected chi connectivity index (χ1v) is 9.01. The minimum Gasteiger partial charge on any atom is -0.325 e. The fourth-order valence-corrected chi connectivity index (χ4v) is 3.38. The molecular formula is C18H14Cl2N2OS. The number of amides is 1. The van der Waals surface area contributed by atoms with Gasteiger partial charge in [0.15, 0.2) is 0 Å². The number of hydrogen-bond donors (Lipinski definition) is 1. The van der Waals surface area contributed by atoms with Crippen molar-refractivity contribution >= 4 is 57.5 Å². The number of benzene rings is 2. The van der Waals surface area contributed by atoms with Gasteiger partial charge in [0.1, 0.15) is 0 Å². The summed E-state index contributed by atoms with van der Waals surface area (Å²) in [4.78, 5) is 16.7. The smallest absolute Gasteiger partial charge is 0.234 e. The Morgan fingerprint density at radius 2 is 1.92 bits per heavy atom. The van der Waals surface area contributed by atoms with E-state index in [0.29, 0.717) is 15.7 Å². The van der Waals surface area contributed by atoms with E-state index in [1.807, 2.05) is 37.3 Å². The number of carbonyl (C=O) groups excluding carboxylic acids is 1. The summed E-state index contributed by atoms with van der Waals surface area (Å²) in [6.07, 6.45) is 0. The molecule has 0 radical (unpaired) electrons. The van der Waals surface area contributed by atoms with Crippen LogP contribution < -0.4 is 5.32 Å². The van der Waals surface area contributed by atoms with E-state index in [4.69, 9.17) is 23.2 Å². The summed E-state index contributed by atoms with van der Waals surface area (Å²) < 4.78 is 0. The summed E-state index contributed by atoms with van der Waals surface area (Å²) in [5, 5.41) is 5.63. The van der Waals surface area contributed by atoms with Gasteiger partial charge < -0.3 is 5.32 Å². The lowest BCUT2D eigenvalue weighted by Crippen LogP contribution is -2.14. The highest BCUT2D eigenvalue weighted by atomic mass is 35.5. The Bertz CT molecular complexity index is 915. The average Bonchev–Trinajstić information content (AvgIpc) is 2.56. The van der Waals surface area contributed by atoms with E-state index in [2.05, 4.69) is 10.3 Å². The number of nitrogens with zero attached hydrogens (tertiary/aromatic N) is 1. The molecule has 1 amide bonds. The molecule has 0 atom stereocenters. The third-order valence-electron chi connectivity index (χ3n) is 3.45. The van der Waals surface area contributed by atoms with Crippen LogP contribution in [0.2, 0.25) is 10.0 Å². The lowest BCUT2D eigenvalue weighted by molar-refractivity contribution is -0.113. The summed E-state index contributed by atoms with van der Waals surface area (Å²) in [6.45, 7) is 2.05. The number of anilines is 1. The van der Waals surface area contributed by atoms with Crippen LogP contribution in [0.15, 0.2) is 53.6 Å². The van der Waals surface area contributed by atoms with Gasteiger partial charge in [0, 0.05) is 11.1 Å². The summed E-state index contributed by atoms with van der Waals surface area (Å²) in [6, 6.07) is 15.0. The largest absolute Gasteiger partial charge is 0.325 e. The quantitative estimate of drug-likeness (QED) is 0.604. The number of halogens is 2. The maximum Gasteiger partial charge on any atom is 0.234 e. The molecule has 6 heteroatoms. The number of aryl methyl sites for hydroxylation is 1. The normalized spacial score (nSPS) is 10.8. The number of pyridine rings is 1. The first kappa shape index (κ1) is 17.1. The Kier molecular flexibility index (Phi) is 5.29. The lowest BCUT2D eigenvalue weighted by atomic mass is 10.1. The zero-order valence-electron chi connectivity index (χ0n) is 12.8. The minimum absolute atomic E-state index is 0.119. The van der Waals surface area contributed by atoms with Crippen LogP contribution in [0.4, 0.5) is 5.69 Å². The van der Waals surface area contributed by atoms with Gasteiger partial charge in [-0.25, -0.2) is 4.98 Å². The predicted molar refractivity (Wildman–Crippen MR) is 102 cm³/mol. The van der Waals surface area contributed by atoms with Crippen LogP contribution in [0.3, 0.4) is 0 Å². The predicted octanol–water partition coefficient (Wildman–Crippen LogP) is 5.58. The number of carbonyl (C=O) groups is 1. The number of nitrogens with one attached hydrogen (secondary N) is 1. The van der Waals surface area contributed by atoms with Gasteiger partial charge in [0.2, 0.25) is 5.91 Å². The average molecular weight is 377 g/mol. The summed E-state index contributed by atoms with van der Waals surface area (Å²) in [7, 11) is 0. The van der Waals surface area contributed by atoms with Crippen molar-refractivity contribution < 1.29 is 4.79 Å². The van der Waals surface area contributed by atoms with Crippen molar-refractivity contribution in [2.24, 2.45) is 0 Å². The Morgan fingerprint density at radius 3 is 2.71 bits per heavy atom. The van der Waals surface area contributed by atoms with Crippen molar-refractivity contribution in [3.8, 4) is 0 Å². The molecular weight excluding hydrogens is 363 g/mol. The molecule has 0 aliphatic heterocycles. The summed E-state index contributed by atoms with van der Waals surface area (Å²) in [5.41, 5.74) is 2.70. The van der Waals surface area contributed by atoms with E-state index >= 15 is 0 Å². The summed E-state index contributed by atoms with van der Waals surface area (Å²) >= 11 is 13.2. The van der Waals surface area contributed by atoms with Crippen LogP contribution in [0, 0.1) is 6.92 Å². The third kappa shape index (κ3) is 4.01. The van der Waals surface area contributed by atoms with Crippen LogP contribution in [-0.2, 0) is 4.79 Å². The van der Waals surface area contributed by atoms with E-state index in [1.165, 1.54) is 11.8 Å². The van der Waals surface area contributed by atoms with Gasteiger partial charge in [-0.05, 0) is 42.8 Å². The number of thioether (sulfide) groups is 1. The molecule has 3 nitrogen and oxygen atoms in total. The molecule has 0 fully saturated rings. The fourth-order valence-electron chi connectivity index (χ4n) is 2.30. The minimum atomic E-state index is -0.119. The lowest BCUT2D eigenvalue weighted by Gasteiger charge is -2.08. The molecule has 1 heterocycles. The first-order valence-electron chi connectivity index (χ1n) is 7.27. The van der Waals surface area contributed by atoms with E-state index in [1.54, 1.807) is 18.2 Å². The Balaban J connectivity index is 1.66. The van der Waals surface area contributed by atoms with Crippen molar-refractivity contribution in [3.63, 3.8) is 0 Å². The van der Waals surface area contributed by atoms with Crippen molar-refractivity contribution in [1.29, 1.82) is 0 Å². The van der Waals surface area contributed by atoms with Gasteiger partial charge in [0.05, 0.1) is 26.3 Å². The number of para-hydroxylation sites is 1. The second-order valence-corrected chi connectivity index (χ2v) is 7.07. The van der Waals surface area contributed by atoms with Crippen LogP contribution in [0.25, 0.3) is 10.9 Å². The molecule has 1 aromatic heterocycles. The van der Waals surface area contributed by atoms with E-state index in [0.717, 1.165) is 21.5 Å². The van der Waals surface area contributed by atoms with Gasteiger partial charge in [-0.15, -0.1) is 0 Å². The molecule has 0 spiro atoms. The number of fused-ring (bicyclic) bond motifs is 1. The van der Waals surface area contributed by atoms with E-state index in [9.17, 15) is 4.79 Å². The first-order chi connectivity index (χ1) is 11.5. The van der Waals surface area contributed by atoms with Crippen LogP contribution in [0.1, 0.15) is 5.56 Å². The topological polar surface area (TPSA) is 42.0 Å². The van der Waals surface area contributed by atoms with Crippen LogP contribution in [-0.4, -0.2) is 16.6 Å². The van der Waals surface area contributed by atoms with Crippen LogP contribution >= 0.6 is 35.0 Å². The van der Waals surface area contributed by atoms with Crippen molar-refractivity contribution in [1.82, 2.24) is 4.98 Å². The summed E-state index contributed by atoms with van der Waals surface area (Å²) in [5.74, 6) is 0.149. The van der Waals surface area contributed by atoms with Gasteiger partial charge in [-0.2, -0.15) is 0 Å². The molecule has 3 rings (SSSR count). The second kappa shape index (κ2) is 7.43. The molecule has 0 bridgehead atoms. The number of hydrogen-bond acceptors (Lipinski definition) is 3. The molecule has 0 saturated heterocycles. The van der Waals surface area contributed by atoms with Crippen LogP contribution in [0.5, 0.6) is 0 Å². The molecule has 3 aromatic rings. The molecule has 0 aliphatic rings. The molecule has 1 N–H and O–H groups in total. The maximum absolute atomic E-state index is 12.1. The zero-order chi connectivity index (χ0) is 17.1. The molecule has 0 aliphatic carbocycles. The molecule has 122 valence electrons. The monoisotopic (exact) mass is 376 g/mol. The molecule has 24 heavy (non-hydrogen) atoms. The van der Waals surface area contributed by atoms with Crippen molar-refractivity contribution in [2.45, 2.75) is 11.9 Å². The standard InChI is InChI=1S/C18H14Cl2N2OS/c1-11-8-18(22-16-5-3-2-4-13(11)16)24-10-17(23)21-12-6-7-14(19)15(20)9-12/h2-9H,10H2,1H3,(H,21,23). The van der Waals surface area contributed by atoms with Gasteiger partial charge >= 0.3 is 0 Å². The maximum atomic E-state index is 12.1. The third-order valence-corrected chi connectivity index (χ3v) is 5.10. The van der Waals surface area contributed by atoms with E-state index < -0.39 is 0 Å². The van der Waals surface area contributed by atoms with Gasteiger partial charge in [-0.3, -0.25) is 4.79 Å². The van der Waals surface area contributed by atoms with Crippen molar-refractivity contribution in [3.05, 3.63) is 64.1 Å². The fraction of sp³-hybridized carbons (Fsp3) is 0.111. The number of aromatic nitrogens is 1.